The summed E-state index contributed by atoms with van der Waals surface area (Å²) in [6.07, 6.45) is 2.25. The maximum atomic E-state index is 5.66. The van der Waals surface area contributed by atoms with E-state index in [1.165, 1.54) is 0 Å². The number of benzene rings is 1. The maximum Gasteiger partial charge on any atom is 0.196 e. The van der Waals surface area contributed by atoms with Gasteiger partial charge in [0.25, 0.3) is 0 Å². The minimum Gasteiger partial charge on any atom is -0.496 e. The van der Waals surface area contributed by atoms with E-state index in [1.807, 2.05) is 18.2 Å². The summed E-state index contributed by atoms with van der Waals surface area (Å²) in [5.41, 5.74) is 0.760. The summed E-state index contributed by atoms with van der Waals surface area (Å²) in [6.45, 7) is 0. The van der Waals surface area contributed by atoms with E-state index < -0.39 is 0 Å². The van der Waals surface area contributed by atoms with Crippen molar-refractivity contribution in [3.63, 3.8) is 0 Å². The van der Waals surface area contributed by atoms with E-state index in [0.717, 1.165) is 5.56 Å². The quantitative estimate of drug-likeness (QED) is 0.781. The summed E-state index contributed by atoms with van der Waals surface area (Å²) in [5.74, 6) is 3.06. The third kappa shape index (κ3) is 2.43. The zero-order chi connectivity index (χ0) is 13.0. The highest BCUT2D eigenvalue weighted by Gasteiger charge is 2.16. The van der Waals surface area contributed by atoms with Crippen LogP contribution in [-0.2, 0) is 6.42 Å². The Balaban J connectivity index is 2.47. The number of oxazole rings is 1. The molecule has 0 fully saturated rings. The number of aromatic nitrogens is 1. The zero-order valence-electron chi connectivity index (χ0n) is 10.3. The summed E-state index contributed by atoms with van der Waals surface area (Å²) in [4.78, 5) is 4.17. The van der Waals surface area contributed by atoms with Gasteiger partial charge in [0.1, 0.15) is 17.1 Å². The van der Waals surface area contributed by atoms with Crippen LogP contribution in [0, 0.1) is 0 Å². The molecule has 0 aliphatic carbocycles. The summed E-state index contributed by atoms with van der Waals surface area (Å²) in [5, 5.41) is 0. The molecule has 96 valence electrons. The van der Waals surface area contributed by atoms with E-state index in [0.29, 0.717) is 35.5 Å². The molecule has 0 aliphatic rings. The van der Waals surface area contributed by atoms with Crippen LogP contribution in [-0.4, -0.2) is 25.1 Å². The average Bonchev–Trinajstić information content (AvgIpc) is 2.86. The van der Waals surface area contributed by atoms with Crippen molar-refractivity contribution in [1.82, 2.24) is 4.98 Å². The minimum atomic E-state index is 0.475. The van der Waals surface area contributed by atoms with Gasteiger partial charge in [-0.05, 0) is 12.1 Å². The first-order valence-corrected chi connectivity index (χ1v) is 6.05. The van der Waals surface area contributed by atoms with E-state index in [1.54, 1.807) is 20.4 Å². The van der Waals surface area contributed by atoms with Gasteiger partial charge in [0.2, 0.25) is 0 Å². The Morgan fingerprint density at radius 2 is 1.89 bits per heavy atom. The van der Waals surface area contributed by atoms with Gasteiger partial charge in [-0.15, -0.1) is 11.6 Å². The number of aryl methyl sites for hydroxylation is 1. The molecule has 1 heterocycles. The highest BCUT2D eigenvalue weighted by Crippen LogP contribution is 2.38. The number of hydrogen-bond donors (Lipinski definition) is 0. The molecule has 2 rings (SSSR count). The molecule has 2 aromatic rings. The molecule has 5 heteroatoms. The minimum absolute atomic E-state index is 0.475. The first-order chi connectivity index (χ1) is 8.80. The van der Waals surface area contributed by atoms with Crippen LogP contribution in [0.2, 0.25) is 0 Å². The fourth-order valence-electron chi connectivity index (χ4n) is 1.72. The summed E-state index contributed by atoms with van der Waals surface area (Å²) in [7, 11) is 3.21. The highest BCUT2D eigenvalue weighted by molar-refractivity contribution is 6.17. The topological polar surface area (TPSA) is 44.5 Å². The van der Waals surface area contributed by atoms with Crippen molar-refractivity contribution >= 4 is 11.6 Å². The molecule has 0 saturated heterocycles. The van der Waals surface area contributed by atoms with Crippen molar-refractivity contribution in [2.45, 2.75) is 6.42 Å². The molecule has 0 unspecified atom stereocenters. The van der Waals surface area contributed by atoms with E-state index in [4.69, 9.17) is 25.5 Å². The van der Waals surface area contributed by atoms with Crippen molar-refractivity contribution in [2.75, 3.05) is 20.1 Å². The number of alkyl halides is 1. The van der Waals surface area contributed by atoms with Gasteiger partial charge < -0.3 is 13.9 Å². The number of nitrogens with zero attached hydrogens (tertiary/aromatic N) is 1. The highest BCUT2D eigenvalue weighted by atomic mass is 35.5. The van der Waals surface area contributed by atoms with Crippen molar-refractivity contribution in [1.29, 1.82) is 0 Å². The molecule has 0 amide bonds. The Morgan fingerprint density at radius 3 is 2.44 bits per heavy atom. The lowest BCUT2D eigenvalue weighted by molar-refractivity contribution is 0.393. The molecular weight excluding hydrogens is 254 g/mol. The Bertz CT molecular complexity index is 502. The third-order valence-electron chi connectivity index (χ3n) is 2.54. The van der Waals surface area contributed by atoms with Crippen LogP contribution in [0.25, 0.3) is 11.3 Å². The van der Waals surface area contributed by atoms with Crippen molar-refractivity contribution in [3.05, 3.63) is 30.3 Å². The smallest absolute Gasteiger partial charge is 0.196 e. The van der Waals surface area contributed by atoms with Crippen LogP contribution in [0.1, 0.15) is 5.89 Å². The largest absolute Gasteiger partial charge is 0.496 e. The summed E-state index contributed by atoms with van der Waals surface area (Å²) in [6, 6.07) is 5.56. The molecule has 1 aromatic heterocycles. The van der Waals surface area contributed by atoms with E-state index >= 15 is 0 Å². The third-order valence-corrected chi connectivity index (χ3v) is 2.73. The Labute approximate surface area is 110 Å². The average molecular weight is 268 g/mol. The van der Waals surface area contributed by atoms with Gasteiger partial charge in [0.05, 0.1) is 20.4 Å². The van der Waals surface area contributed by atoms with Gasteiger partial charge in [-0.1, -0.05) is 6.07 Å². The number of rotatable bonds is 5. The van der Waals surface area contributed by atoms with Crippen molar-refractivity contribution in [3.8, 4) is 22.8 Å². The Morgan fingerprint density at radius 1 is 1.22 bits per heavy atom. The van der Waals surface area contributed by atoms with E-state index in [9.17, 15) is 0 Å². The predicted molar refractivity (Wildman–Crippen MR) is 69.5 cm³/mol. The second-order valence-electron chi connectivity index (χ2n) is 3.59. The molecule has 0 saturated carbocycles. The number of halogens is 1. The van der Waals surface area contributed by atoms with Crippen LogP contribution in [0.15, 0.2) is 28.8 Å². The number of ether oxygens (including phenoxy) is 2. The zero-order valence-corrected chi connectivity index (χ0v) is 11.0. The maximum absolute atomic E-state index is 5.66. The van der Waals surface area contributed by atoms with Crippen LogP contribution in [0.5, 0.6) is 11.5 Å². The van der Waals surface area contributed by atoms with Crippen LogP contribution in [0.4, 0.5) is 0 Å². The van der Waals surface area contributed by atoms with E-state index in [2.05, 4.69) is 4.98 Å². The second-order valence-corrected chi connectivity index (χ2v) is 3.97. The monoisotopic (exact) mass is 267 g/mol. The normalized spacial score (nSPS) is 10.4. The lowest BCUT2D eigenvalue weighted by Crippen LogP contribution is -1.92. The molecule has 0 aliphatic heterocycles. The lowest BCUT2D eigenvalue weighted by atomic mass is 10.1. The molecule has 0 atom stereocenters. The van der Waals surface area contributed by atoms with Crippen LogP contribution >= 0.6 is 11.6 Å². The summed E-state index contributed by atoms with van der Waals surface area (Å²) >= 11 is 5.66. The number of methoxy groups -OCH3 is 2. The van der Waals surface area contributed by atoms with Gasteiger partial charge in [0.15, 0.2) is 11.7 Å². The van der Waals surface area contributed by atoms with Crippen molar-refractivity contribution in [2.24, 2.45) is 0 Å². The molecule has 1 aromatic carbocycles. The Kier molecular flexibility index (Phi) is 4.10. The second kappa shape index (κ2) is 5.78. The first-order valence-electron chi connectivity index (χ1n) is 5.52. The van der Waals surface area contributed by atoms with Gasteiger partial charge in [-0.2, -0.15) is 0 Å². The predicted octanol–water partition coefficient (Wildman–Crippen LogP) is 3.14. The molecule has 4 nitrogen and oxygen atoms in total. The first kappa shape index (κ1) is 12.8. The molecule has 0 radical (unpaired) electrons. The molecular formula is C13H14ClNO3. The van der Waals surface area contributed by atoms with Crippen molar-refractivity contribution < 1.29 is 13.9 Å². The van der Waals surface area contributed by atoms with Gasteiger partial charge >= 0.3 is 0 Å². The van der Waals surface area contributed by atoms with E-state index in [-0.39, 0.29) is 0 Å². The molecule has 0 bridgehead atoms. The Hall–Kier alpha value is -1.68. The molecule has 0 N–H and O–H groups in total. The molecule has 18 heavy (non-hydrogen) atoms. The lowest BCUT2D eigenvalue weighted by Gasteiger charge is -2.10. The fraction of sp³-hybridized carbons (Fsp3) is 0.308. The SMILES string of the molecule is COc1cccc(OC)c1-c1cnc(CCCl)o1. The fourth-order valence-corrected chi connectivity index (χ4v) is 1.88. The van der Waals surface area contributed by atoms with Gasteiger partial charge in [-0.25, -0.2) is 4.98 Å². The number of hydrogen-bond acceptors (Lipinski definition) is 4. The van der Waals surface area contributed by atoms with Crippen LogP contribution < -0.4 is 9.47 Å². The van der Waals surface area contributed by atoms with Gasteiger partial charge in [-0.3, -0.25) is 0 Å². The summed E-state index contributed by atoms with van der Waals surface area (Å²) < 4.78 is 16.3. The standard InChI is InChI=1S/C13H14ClNO3/c1-16-9-4-3-5-10(17-2)13(9)11-8-15-12(18-11)6-7-14/h3-5,8H,6-7H2,1-2H3. The van der Waals surface area contributed by atoms with Gasteiger partial charge in [0, 0.05) is 12.3 Å². The molecule has 0 spiro atoms. The van der Waals surface area contributed by atoms with Crippen LogP contribution in [0.3, 0.4) is 0 Å².